The average molecular weight is 314 g/mol. The number of halogens is 1. The summed E-state index contributed by atoms with van der Waals surface area (Å²) in [7, 11) is 0. The van der Waals surface area contributed by atoms with Crippen molar-refractivity contribution in [2.45, 2.75) is 39.7 Å². The van der Waals surface area contributed by atoms with Gasteiger partial charge in [0.2, 0.25) is 0 Å². The molecular weight excluding hydrogens is 290 g/mol. The molecule has 0 aliphatic carbocycles. The second-order valence-corrected chi connectivity index (χ2v) is 6.50. The summed E-state index contributed by atoms with van der Waals surface area (Å²) >= 11 is 5.99. The van der Waals surface area contributed by atoms with Crippen molar-refractivity contribution in [2.75, 3.05) is 13.2 Å². The normalized spacial score (nSPS) is 13.9. The third-order valence-electron chi connectivity index (χ3n) is 2.96. The predicted molar refractivity (Wildman–Crippen MR) is 84.8 cm³/mol. The first-order chi connectivity index (χ1) is 9.69. The quantitative estimate of drug-likeness (QED) is 0.813. The van der Waals surface area contributed by atoms with E-state index in [0.29, 0.717) is 23.1 Å². The highest BCUT2D eigenvalue weighted by atomic mass is 35.5. The Balaban J connectivity index is 2.42. The molecule has 0 fully saturated rings. The molecule has 0 bridgehead atoms. The van der Waals surface area contributed by atoms with Gasteiger partial charge in [-0.3, -0.25) is 4.79 Å². The number of carbonyl (C=O) groups excluding carboxylic acids is 1. The van der Waals surface area contributed by atoms with Crippen molar-refractivity contribution in [1.82, 2.24) is 5.32 Å². The molecule has 21 heavy (non-hydrogen) atoms. The first-order valence-corrected chi connectivity index (χ1v) is 7.45. The standard InChI is InChI=1S/C16H24ClNO3/c1-11(2)8-16(4,20)10-18-15(19)9-21-14-7-12(3)5-6-13(14)17/h5-7,11,20H,8-10H2,1-4H3,(H,18,19). The zero-order valence-corrected chi connectivity index (χ0v) is 13.8. The number of hydrogen-bond donors (Lipinski definition) is 2. The molecule has 118 valence electrons. The van der Waals surface area contributed by atoms with E-state index in [0.717, 1.165) is 5.56 Å². The Hall–Kier alpha value is -1.26. The largest absolute Gasteiger partial charge is 0.482 e. The van der Waals surface area contributed by atoms with Crippen LogP contribution in [0.25, 0.3) is 0 Å². The van der Waals surface area contributed by atoms with Gasteiger partial charge in [-0.2, -0.15) is 0 Å². The highest BCUT2D eigenvalue weighted by molar-refractivity contribution is 6.32. The van der Waals surface area contributed by atoms with Crippen LogP contribution in [0, 0.1) is 12.8 Å². The summed E-state index contributed by atoms with van der Waals surface area (Å²) in [5.74, 6) is 0.566. The van der Waals surface area contributed by atoms with Crippen LogP contribution in [0.4, 0.5) is 0 Å². The second-order valence-electron chi connectivity index (χ2n) is 6.09. The Morgan fingerprint density at radius 3 is 2.76 bits per heavy atom. The average Bonchev–Trinajstić information content (AvgIpc) is 2.36. The van der Waals surface area contributed by atoms with Crippen molar-refractivity contribution >= 4 is 17.5 Å². The fraction of sp³-hybridized carbons (Fsp3) is 0.562. The summed E-state index contributed by atoms with van der Waals surface area (Å²) in [6.07, 6.45) is 0.623. The SMILES string of the molecule is Cc1ccc(Cl)c(OCC(=O)NCC(C)(O)CC(C)C)c1. The molecule has 1 rings (SSSR count). The van der Waals surface area contributed by atoms with Crippen molar-refractivity contribution in [2.24, 2.45) is 5.92 Å². The van der Waals surface area contributed by atoms with Crippen LogP contribution in [0.3, 0.4) is 0 Å². The van der Waals surface area contributed by atoms with Crippen LogP contribution in [0.15, 0.2) is 18.2 Å². The Labute approximate surface area is 131 Å². The molecule has 0 aliphatic heterocycles. The fourth-order valence-electron chi connectivity index (χ4n) is 2.16. The van der Waals surface area contributed by atoms with Gasteiger partial charge in [0.25, 0.3) is 5.91 Å². The summed E-state index contributed by atoms with van der Waals surface area (Å²) < 4.78 is 5.40. The number of aliphatic hydroxyl groups is 1. The molecule has 1 atom stereocenters. The molecule has 0 radical (unpaired) electrons. The number of benzene rings is 1. The molecular formula is C16H24ClNO3. The number of ether oxygens (including phenoxy) is 1. The highest BCUT2D eigenvalue weighted by Gasteiger charge is 2.22. The van der Waals surface area contributed by atoms with Gasteiger partial charge in [-0.25, -0.2) is 0 Å². The lowest BCUT2D eigenvalue weighted by Gasteiger charge is -2.25. The van der Waals surface area contributed by atoms with Crippen molar-refractivity contribution in [3.05, 3.63) is 28.8 Å². The molecule has 0 spiro atoms. The minimum absolute atomic E-state index is 0.124. The molecule has 1 unspecified atom stereocenters. The van der Waals surface area contributed by atoms with E-state index < -0.39 is 5.60 Å². The van der Waals surface area contributed by atoms with Crippen LogP contribution in [0.1, 0.15) is 32.8 Å². The maximum Gasteiger partial charge on any atom is 0.258 e. The number of aryl methyl sites for hydroxylation is 1. The minimum Gasteiger partial charge on any atom is -0.482 e. The molecule has 0 aliphatic rings. The van der Waals surface area contributed by atoms with Gasteiger partial charge in [0.05, 0.1) is 10.6 Å². The van der Waals surface area contributed by atoms with Gasteiger partial charge in [0, 0.05) is 6.54 Å². The predicted octanol–water partition coefficient (Wildman–Crippen LogP) is 2.94. The lowest BCUT2D eigenvalue weighted by molar-refractivity contribution is -0.124. The maximum absolute atomic E-state index is 11.8. The monoisotopic (exact) mass is 313 g/mol. The van der Waals surface area contributed by atoms with Gasteiger partial charge in [-0.1, -0.05) is 31.5 Å². The highest BCUT2D eigenvalue weighted by Crippen LogP contribution is 2.25. The van der Waals surface area contributed by atoms with Gasteiger partial charge in [-0.15, -0.1) is 0 Å². The lowest BCUT2D eigenvalue weighted by Crippen LogP contribution is -2.43. The van der Waals surface area contributed by atoms with E-state index in [4.69, 9.17) is 16.3 Å². The van der Waals surface area contributed by atoms with Crippen LogP contribution in [0.5, 0.6) is 5.75 Å². The smallest absolute Gasteiger partial charge is 0.258 e. The first kappa shape index (κ1) is 17.8. The van der Waals surface area contributed by atoms with Crippen molar-refractivity contribution in [3.63, 3.8) is 0 Å². The summed E-state index contributed by atoms with van der Waals surface area (Å²) in [5, 5.41) is 13.3. The molecule has 1 aromatic rings. The van der Waals surface area contributed by atoms with Crippen molar-refractivity contribution in [1.29, 1.82) is 0 Å². The fourth-order valence-corrected chi connectivity index (χ4v) is 2.33. The van der Waals surface area contributed by atoms with E-state index in [-0.39, 0.29) is 19.1 Å². The molecule has 0 aromatic heterocycles. The molecule has 2 N–H and O–H groups in total. The van der Waals surface area contributed by atoms with Crippen LogP contribution >= 0.6 is 11.6 Å². The Kier molecular flexibility index (Phi) is 6.49. The van der Waals surface area contributed by atoms with Gasteiger partial charge in [0.1, 0.15) is 5.75 Å². The number of amides is 1. The third kappa shape index (κ3) is 6.82. The molecule has 1 amide bonds. The van der Waals surface area contributed by atoms with Crippen molar-refractivity contribution < 1.29 is 14.6 Å². The van der Waals surface area contributed by atoms with Gasteiger partial charge < -0.3 is 15.2 Å². The van der Waals surface area contributed by atoms with Gasteiger partial charge in [0.15, 0.2) is 6.61 Å². The van der Waals surface area contributed by atoms with E-state index in [1.807, 2.05) is 26.8 Å². The zero-order valence-electron chi connectivity index (χ0n) is 13.1. The molecule has 5 heteroatoms. The van der Waals surface area contributed by atoms with Gasteiger partial charge >= 0.3 is 0 Å². The maximum atomic E-state index is 11.8. The van der Waals surface area contributed by atoms with E-state index in [1.165, 1.54) is 0 Å². The van der Waals surface area contributed by atoms with Crippen LogP contribution < -0.4 is 10.1 Å². The molecule has 1 aromatic carbocycles. The number of carbonyl (C=O) groups is 1. The lowest BCUT2D eigenvalue weighted by atomic mass is 9.94. The van der Waals surface area contributed by atoms with Gasteiger partial charge in [-0.05, 0) is 43.9 Å². The zero-order chi connectivity index (χ0) is 16.0. The molecule has 0 saturated heterocycles. The Morgan fingerprint density at radius 2 is 2.14 bits per heavy atom. The second kappa shape index (κ2) is 7.66. The third-order valence-corrected chi connectivity index (χ3v) is 3.27. The first-order valence-electron chi connectivity index (χ1n) is 7.07. The Morgan fingerprint density at radius 1 is 1.48 bits per heavy atom. The molecule has 0 heterocycles. The number of nitrogens with one attached hydrogen (secondary N) is 1. The molecule has 0 saturated carbocycles. The van der Waals surface area contributed by atoms with Crippen LogP contribution in [-0.4, -0.2) is 29.8 Å². The van der Waals surface area contributed by atoms with E-state index in [9.17, 15) is 9.90 Å². The van der Waals surface area contributed by atoms with E-state index >= 15 is 0 Å². The van der Waals surface area contributed by atoms with E-state index in [2.05, 4.69) is 5.32 Å². The van der Waals surface area contributed by atoms with Crippen LogP contribution in [0.2, 0.25) is 5.02 Å². The topological polar surface area (TPSA) is 58.6 Å². The summed E-state index contributed by atoms with van der Waals surface area (Å²) in [4.78, 5) is 11.8. The van der Waals surface area contributed by atoms with E-state index in [1.54, 1.807) is 19.1 Å². The Bertz CT molecular complexity index is 486. The number of rotatable bonds is 7. The van der Waals surface area contributed by atoms with Crippen LogP contribution in [-0.2, 0) is 4.79 Å². The van der Waals surface area contributed by atoms with Crippen molar-refractivity contribution in [3.8, 4) is 5.75 Å². The molecule has 4 nitrogen and oxygen atoms in total. The number of hydrogen-bond acceptors (Lipinski definition) is 3. The summed E-state index contributed by atoms with van der Waals surface area (Å²) in [6, 6.07) is 5.39. The summed E-state index contributed by atoms with van der Waals surface area (Å²) in [5.41, 5.74) is 0.0971. The summed E-state index contributed by atoms with van der Waals surface area (Å²) in [6.45, 7) is 7.77. The minimum atomic E-state index is -0.912.